The van der Waals surface area contributed by atoms with Crippen molar-refractivity contribution in [2.24, 2.45) is 0 Å². The number of ether oxygens (including phenoxy) is 1. The molecule has 0 spiro atoms. The van der Waals surface area contributed by atoms with Crippen molar-refractivity contribution < 1.29 is 9.53 Å². The van der Waals surface area contributed by atoms with Gasteiger partial charge in [0.15, 0.2) is 0 Å². The maximum atomic E-state index is 8.00. The molecule has 1 aliphatic heterocycles. The summed E-state index contributed by atoms with van der Waals surface area (Å²) in [5.74, 6) is 2.04. The van der Waals surface area contributed by atoms with Gasteiger partial charge < -0.3 is 25.1 Å². The Labute approximate surface area is 224 Å². The summed E-state index contributed by atoms with van der Waals surface area (Å²) in [7, 11) is 7.68. The van der Waals surface area contributed by atoms with E-state index < -0.39 is 0 Å². The number of rotatable bonds is 6. The highest BCUT2D eigenvalue weighted by Gasteiger charge is 2.25. The molecule has 3 aromatic rings. The summed E-state index contributed by atoms with van der Waals surface area (Å²) in [4.78, 5) is 28.2. The fourth-order valence-corrected chi connectivity index (χ4v) is 6.16. The van der Waals surface area contributed by atoms with Crippen LogP contribution in [0.4, 0.5) is 17.5 Å². The lowest BCUT2D eigenvalue weighted by atomic mass is 9.97. The van der Waals surface area contributed by atoms with Crippen LogP contribution in [0, 0.1) is 6.92 Å². The van der Waals surface area contributed by atoms with Crippen molar-refractivity contribution >= 4 is 45.8 Å². The average molecular weight is 528 g/mol. The minimum Gasteiger partial charge on any atom is -0.383 e. The van der Waals surface area contributed by atoms with Gasteiger partial charge >= 0.3 is 0 Å². The summed E-state index contributed by atoms with van der Waals surface area (Å²) in [6, 6.07) is 4.54. The Bertz CT molecular complexity index is 1100. The van der Waals surface area contributed by atoms with E-state index >= 15 is 0 Å². The quantitative estimate of drug-likeness (QED) is 0.489. The second-order valence-corrected chi connectivity index (χ2v) is 10.8. The molecule has 2 N–H and O–H groups in total. The number of thiophene rings is 1. The molecule has 37 heavy (non-hydrogen) atoms. The first-order valence-corrected chi connectivity index (χ1v) is 13.7. The van der Waals surface area contributed by atoms with Crippen LogP contribution >= 0.6 is 11.3 Å². The number of aromatic nitrogens is 3. The highest BCUT2D eigenvalue weighted by Crippen LogP contribution is 2.42. The number of likely N-dealkylation sites (N-methyl/N-ethyl adjacent to an activating group) is 1. The Hall–Kier alpha value is -2.66. The minimum atomic E-state index is 0.398. The summed E-state index contributed by atoms with van der Waals surface area (Å²) < 4.78 is 6.57. The molecule has 0 amide bonds. The number of carbonyl (C=O) groups is 1. The molecule has 1 saturated heterocycles. The van der Waals surface area contributed by atoms with E-state index in [9.17, 15) is 0 Å². The smallest absolute Gasteiger partial charge is 0.228 e. The van der Waals surface area contributed by atoms with Crippen LogP contribution in [0.2, 0.25) is 0 Å². The van der Waals surface area contributed by atoms with Crippen molar-refractivity contribution in [2.45, 2.75) is 44.6 Å². The third-order valence-electron chi connectivity index (χ3n) is 6.91. The Morgan fingerprint density at radius 2 is 1.86 bits per heavy atom. The van der Waals surface area contributed by atoms with Crippen molar-refractivity contribution in [3.05, 3.63) is 35.0 Å². The molecular formula is C27H41N7O2S. The lowest BCUT2D eigenvalue weighted by Gasteiger charge is -2.40. The molecule has 5 rings (SSSR count). The van der Waals surface area contributed by atoms with Gasteiger partial charge in [-0.05, 0) is 64.5 Å². The second kappa shape index (κ2) is 14.3. The van der Waals surface area contributed by atoms with Crippen LogP contribution in [0.1, 0.15) is 42.0 Å². The third kappa shape index (κ3) is 7.22. The van der Waals surface area contributed by atoms with E-state index in [1.165, 1.54) is 40.8 Å². The molecule has 10 heteroatoms. The fourth-order valence-electron chi connectivity index (χ4n) is 5.10. The normalized spacial score (nSPS) is 18.2. The van der Waals surface area contributed by atoms with Crippen LogP contribution in [0.5, 0.6) is 0 Å². The first-order chi connectivity index (χ1) is 18.0. The van der Waals surface area contributed by atoms with E-state index in [4.69, 9.17) is 14.5 Å². The number of hydrogen-bond acceptors (Lipinski definition) is 10. The monoisotopic (exact) mass is 527 g/mol. The molecule has 9 nitrogen and oxygen atoms in total. The van der Waals surface area contributed by atoms with Gasteiger partial charge in [0.2, 0.25) is 5.95 Å². The van der Waals surface area contributed by atoms with E-state index in [0.29, 0.717) is 17.9 Å². The molecule has 3 aromatic heterocycles. The molecule has 1 saturated carbocycles. The SMILES string of the molecule is C=O.CNC.COCC1CN(c2ccc(Nc3ncc4sc(C)c(C5CCCC5)c4n3)nc2)CCN1C. The topological polar surface area (TPSA) is 95.5 Å². The molecule has 0 bridgehead atoms. The summed E-state index contributed by atoms with van der Waals surface area (Å²) in [6.45, 7) is 7.92. The number of methoxy groups -OCH3 is 1. The van der Waals surface area contributed by atoms with Gasteiger partial charge in [-0.15, -0.1) is 11.3 Å². The molecule has 2 fully saturated rings. The van der Waals surface area contributed by atoms with Crippen LogP contribution in [0.15, 0.2) is 24.5 Å². The van der Waals surface area contributed by atoms with Gasteiger partial charge in [0.25, 0.3) is 0 Å². The van der Waals surface area contributed by atoms with Crippen LogP contribution in [-0.4, -0.2) is 87.2 Å². The van der Waals surface area contributed by atoms with Crippen LogP contribution in [0.25, 0.3) is 10.2 Å². The molecule has 0 aromatic carbocycles. The van der Waals surface area contributed by atoms with Gasteiger partial charge in [-0.25, -0.2) is 15.0 Å². The van der Waals surface area contributed by atoms with Crippen molar-refractivity contribution in [2.75, 3.05) is 64.7 Å². The van der Waals surface area contributed by atoms with Crippen LogP contribution < -0.4 is 15.5 Å². The first kappa shape index (κ1) is 28.9. The predicted molar refractivity (Wildman–Crippen MR) is 153 cm³/mol. The van der Waals surface area contributed by atoms with Gasteiger partial charge in [-0.3, -0.25) is 4.90 Å². The molecule has 1 unspecified atom stereocenters. The number of nitrogens with zero attached hydrogens (tertiary/aromatic N) is 5. The first-order valence-electron chi connectivity index (χ1n) is 12.8. The number of carbonyl (C=O) groups excluding carboxylic acids is 1. The van der Waals surface area contributed by atoms with Crippen molar-refractivity contribution in [1.82, 2.24) is 25.2 Å². The number of anilines is 3. The van der Waals surface area contributed by atoms with Gasteiger partial charge in [-0.1, -0.05) is 12.8 Å². The van der Waals surface area contributed by atoms with Gasteiger partial charge in [0.1, 0.15) is 12.6 Å². The number of pyridine rings is 1. The summed E-state index contributed by atoms with van der Waals surface area (Å²) in [6.07, 6.45) is 9.10. The zero-order valence-corrected chi connectivity index (χ0v) is 23.6. The lowest BCUT2D eigenvalue weighted by molar-refractivity contribution is -0.0979. The Balaban J connectivity index is 0.000000711. The van der Waals surface area contributed by atoms with E-state index in [2.05, 4.69) is 50.4 Å². The maximum absolute atomic E-state index is 8.00. The Morgan fingerprint density at radius 1 is 1.14 bits per heavy atom. The summed E-state index contributed by atoms with van der Waals surface area (Å²) in [5, 5.41) is 6.06. The molecule has 1 aliphatic carbocycles. The molecule has 0 radical (unpaired) electrons. The standard InChI is InChI=1S/C24H32N6OS.C2H7N.CH2O/c1-16-22(17-6-4-5-7-17)23-20(32-16)13-26-24(28-23)27-21-9-8-18(12-25-21)30-11-10-29(2)19(14-30)15-31-3;1-3-2;1-2/h8-9,12-13,17,19H,4-7,10-11,14-15H2,1-3H3,(H,25,26,27,28);3H,1-2H3;1H2. The van der Waals surface area contributed by atoms with Crippen molar-refractivity contribution in [1.29, 1.82) is 0 Å². The summed E-state index contributed by atoms with van der Waals surface area (Å²) in [5.41, 5.74) is 3.70. The number of piperazine rings is 1. The molecular weight excluding hydrogens is 486 g/mol. The Kier molecular flexibility index (Phi) is 11.2. The average Bonchev–Trinajstić information content (AvgIpc) is 3.54. The fraction of sp³-hybridized carbons (Fsp3) is 0.556. The molecule has 1 atom stereocenters. The van der Waals surface area contributed by atoms with Gasteiger partial charge in [0, 0.05) is 31.6 Å². The summed E-state index contributed by atoms with van der Waals surface area (Å²) >= 11 is 1.82. The molecule has 2 aliphatic rings. The highest BCUT2D eigenvalue weighted by molar-refractivity contribution is 7.19. The van der Waals surface area contributed by atoms with E-state index in [1.54, 1.807) is 7.11 Å². The Morgan fingerprint density at radius 3 is 2.51 bits per heavy atom. The van der Waals surface area contributed by atoms with Crippen LogP contribution in [-0.2, 0) is 9.53 Å². The minimum absolute atomic E-state index is 0.398. The largest absolute Gasteiger partial charge is 0.383 e. The van der Waals surface area contributed by atoms with E-state index in [1.807, 2.05) is 50.7 Å². The van der Waals surface area contributed by atoms with E-state index in [-0.39, 0.29) is 0 Å². The predicted octanol–water partition coefficient (Wildman–Crippen LogP) is 4.21. The van der Waals surface area contributed by atoms with E-state index in [0.717, 1.165) is 43.3 Å². The van der Waals surface area contributed by atoms with Crippen molar-refractivity contribution in [3.63, 3.8) is 0 Å². The zero-order valence-electron chi connectivity index (χ0n) is 22.8. The lowest BCUT2D eigenvalue weighted by Crippen LogP contribution is -2.53. The second-order valence-electron chi connectivity index (χ2n) is 9.52. The van der Waals surface area contributed by atoms with Gasteiger partial charge in [-0.2, -0.15) is 0 Å². The number of hydrogen-bond donors (Lipinski definition) is 2. The number of fused-ring (bicyclic) bond motifs is 1. The molecule has 202 valence electrons. The number of aryl methyl sites for hydroxylation is 1. The molecule has 4 heterocycles. The zero-order chi connectivity index (χ0) is 26.8. The van der Waals surface area contributed by atoms with Crippen molar-refractivity contribution in [3.8, 4) is 0 Å². The third-order valence-corrected chi connectivity index (χ3v) is 7.95. The van der Waals surface area contributed by atoms with Gasteiger partial charge in [0.05, 0.1) is 40.9 Å². The number of nitrogens with one attached hydrogen (secondary N) is 2. The highest BCUT2D eigenvalue weighted by atomic mass is 32.1. The van der Waals surface area contributed by atoms with Crippen LogP contribution in [0.3, 0.4) is 0 Å². The maximum Gasteiger partial charge on any atom is 0.228 e.